The van der Waals surface area contributed by atoms with Gasteiger partial charge in [0, 0.05) is 13.0 Å². The quantitative estimate of drug-likeness (QED) is 0.0851. The number of hydrogen-bond donors (Lipinski definition) is 3. The van der Waals surface area contributed by atoms with Crippen LogP contribution in [0.1, 0.15) is 93.6 Å². The molecule has 0 spiro atoms. The molecule has 0 saturated heterocycles. The number of carbonyl (C=O) groups excluding carboxylic acids is 2. The summed E-state index contributed by atoms with van der Waals surface area (Å²) in [4.78, 5) is 29.1. The predicted octanol–water partition coefficient (Wildman–Crippen LogP) is 6.93. The second kappa shape index (κ2) is 17.9. The van der Waals surface area contributed by atoms with Crippen LogP contribution in [-0.4, -0.2) is 75.2 Å². The molecule has 0 unspecified atom stereocenters. The van der Waals surface area contributed by atoms with Gasteiger partial charge in [-0.3, -0.25) is 10.6 Å². The van der Waals surface area contributed by atoms with Crippen LogP contribution in [-0.2, 0) is 25.2 Å². The van der Waals surface area contributed by atoms with Crippen LogP contribution < -0.4 is 15.4 Å². The molecular weight excluding hydrogens is 594 g/mol. The Bertz CT molecular complexity index is 1040. The molecule has 0 aromatic heterocycles. The van der Waals surface area contributed by atoms with Gasteiger partial charge in [0.25, 0.3) is 0 Å². The molecule has 12 heteroatoms. The third-order valence-corrected chi connectivity index (χ3v) is 11.6. The van der Waals surface area contributed by atoms with Gasteiger partial charge in [-0.1, -0.05) is 32.9 Å². The average molecular weight is 654 g/mol. The highest BCUT2D eigenvalue weighted by molar-refractivity contribution is 6.74. The molecule has 0 radical (unpaired) electrons. The lowest BCUT2D eigenvalue weighted by atomic mass is 10.1. The number of rotatable bonds is 14. The minimum absolute atomic E-state index is 0.0994. The number of aliphatic hydroxyl groups is 1. The van der Waals surface area contributed by atoms with E-state index in [-0.39, 0.29) is 23.6 Å². The number of methoxy groups -OCH3 is 1. The summed E-state index contributed by atoms with van der Waals surface area (Å²) in [6.45, 7) is 22.5. The van der Waals surface area contributed by atoms with Crippen molar-refractivity contribution in [3.05, 3.63) is 29.8 Å². The first-order valence-electron chi connectivity index (χ1n) is 15.7. The highest BCUT2D eigenvalue weighted by Gasteiger charge is 2.36. The SMILES string of the molecule is COc1ccc(CO[C@H](CCCCO[Si](C)(C)C(C)(C)C)C[C@H](O)CN=C(NC(=O)OC(C)(C)C)NC(=O)OC(C)(C)C)cc1. The van der Waals surface area contributed by atoms with Gasteiger partial charge >= 0.3 is 12.2 Å². The lowest BCUT2D eigenvalue weighted by molar-refractivity contribution is -0.000359. The smallest absolute Gasteiger partial charge is 0.414 e. The zero-order chi connectivity index (χ0) is 34.5. The van der Waals surface area contributed by atoms with Gasteiger partial charge < -0.3 is 28.5 Å². The molecule has 0 fully saturated rings. The number of hydrogen-bond acceptors (Lipinski definition) is 9. The van der Waals surface area contributed by atoms with E-state index in [1.165, 1.54) is 0 Å². The number of benzene rings is 1. The first kappa shape index (κ1) is 40.4. The van der Waals surface area contributed by atoms with Crippen LogP contribution in [0.3, 0.4) is 0 Å². The number of aliphatic hydroxyl groups excluding tert-OH is 1. The summed E-state index contributed by atoms with van der Waals surface area (Å²) >= 11 is 0. The van der Waals surface area contributed by atoms with Crippen molar-refractivity contribution in [2.75, 3.05) is 20.3 Å². The first-order valence-corrected chi connectivity index (χ1v) is 18.6. The van der Waals surface area contributed by atoms with E-state index in [2.05, 4.69) is 49.5 Å². The molecule has 11 nitrogen and oxygen atoms in total. The van der Waals surface area contributed by atoms with Gasteiger partial charge in [0.2, 0.25) is 5.96 Å². The molecule has 45 heavy (non-hydrogen) atoms. The summed E-state index contributed by atoms with van der Waals surface area (Å²) in [7, 11) is -0.199. The summed E-state index contributed by atoms with van der Waals surface area (Å²) in [5, 5.41) is 16.0. The van der Waals surface area contributed by atoms with Crippen molar-refractivity contribution in [3.8, 4) is 5.75 Å². The summed E-state index contributed by atoms with van der Waals surface area (Å²) in [5.74, 6) is 0.581. The molecule has 1 aromatic carbocycles. The van der Waals surface area contributed by atoms with Crippen molar-refractivity contribution in [1.29, 1.82) is 0 Å². The van der Waals surface area contributed by atoms with Gasteiger partial charge in [-0.25, -0.2) is 14.6 Å². The van der Waals surface area contributed by atoms with Crippen molar-refractivity contribution in [1.82, 2.24) is 10.6 Å². The molecule has 0 aliphatic heterocycles. The highest BCUT2D eigenvalue weighted by atomic mass is 28.4. The number of ether oxygens (including phenoxy) is 4. The number of aliphatic imine (C=N–C) groups is 1. The van der Waals surface area contributed by atoms with E-state index in [1.54, 1.807) is 48.7 Å². The molecule has 0 bridgehead atoms. The lowest BCUT2D eigenvalue weighted by Gasteiger charge is -2.36. The fourth-order valence-corrected chi connectivity index (χ4v) is 4.80. The highest BCUT2D eigenvalue weighted by Crippen LogP contribution is 2.36. The Balaban J connectivity index is 2.93. The van der Waals surface area contributed by atoms with Gasteiger partial charge in [0.1, 0.15) is 17.0 Å². The molecule has 1 rings (SSSR count). The Labute approximate surface area is 271 Å². The molecule has 0 heterocycles. The first-order chi connectivity index (χ1) is 20.6. The Morgan fingerprint density at radius 3 is 1.89 bits per heavy atom. The molecule has 2 atom stereocenters. The van der Waals surface area contributed by atoms with Gasteiger partial charge in [-0.2, -0.15) is 0 Å². The van der Waals surface area contributed by atoms with Crippen molar-refractivity contribution < 1.29 is 38.1 Å². The number of carbonyl (C=O) groups is 2. The molecule has 2 amide bonds. The second-order valence-electron chi connectivity index (χ2n) is 14.7. The van der Waals surface area contributed by atoms with Crippen LogP contribution in [0.4, 0.5) is 9.59 Å². The third kappa shape index (κ3) is 18.2. The Morgan fingerprint density at radius 1 is 0.889 bits per heavy atom. The number of alkyl carbamates (subject to hydrolysis) is 2. The number of guanidine groups is 1. The monoisotopic (exact) mass is 653 g/mol. The van der Waals surface area contributed by atoms with Crippen LogP contribution in [0, 0.1) is 0 Å². The average Bonchev–Trinajstić information content (AvgIpc) is 2.87. The fourth-order valence-electron chi connectivity index (χ4n) is 3.71. The van der Waals surface area contributed by atoms with E-state index >= 15 is 0 Å². The standard InChI is InChI=1S/C33H59N3O8Si/c1-31(2,3)43-29(38)35-28(36-30(39)44-32(4,5)6)34-22-25(37)21-27(41-23-24-16-18-26(40-10)19-17-24)15-13-14-20-42-45(11,12)33(7,8)9/h16-19,25,27,37H,13-15,20-23H2,1-12H3,(H2,34,35,36,38,39)/t25-,27+/m0/s1. The lowest BCUT2D eigenvalue weighted by Crippen LogP contribution is -2.47. The molecule has 258 valence electrons. The van der Waals surface area contributed by atoms with Crippen LogP contribution in [0.5, 0.6) is 5.75 Å². The summed E-state index contributed by atoms with van der Waals surface area (Å²) in [6, 6.07) is 7.65. The van der Waals surface area contributed by atoms with Gasteiger partial charge in [0.05, 0.1) is 32.5 Å². The van der Waals surface area contributed by atoms with E-state index in [0.717, 1.165) is 30.6 Å². The van der Waals surface area contributed by atoms with Crippen molar-refractivity contribution in [2.24, 2.45) is 4.99 Å². The van der Waals surface area contributed by atoms with Crippen molar-refractivity contribution >= 4 is 26.5 Å². The second-order valence-corrected chi connectivity index (χ2v) is 19.5. The predicted molar refractivity (Wildman–Crippen MR) is 180 cm³/mol. The van der Waals surface area contributed by atoms with Crippen molar-refractivity contribution in [3.63, 3.8) is 0 Å². The molecule has 0 saturated carbocycles. The number of nitrogens with one attached hydrogen (secondary N) is 2. The van der Waals surface area contributed by atoms with Gasteiger partial charge in [-0.05, 0) is 96.6 Å². The molecule has 0 aliphatic carbocycles. The maximum Gasteiger partial charge on any atom is 0.414 e. The van der Waals surface area contributed by atoms with Gasteiger partial charge in [-0.15, -0.1) is 0 Å². The Morgan fingerprint density at radius 2 is 1.42 bits per heavy atom. The maximum absolute atomic E-state index is 12.4. The van der Waals surface area contributed by atoms with E-state index in [0.29, 0.717) is 19.6 Å². The van der Waals surface area contributed by atoms with Crippen LogP contribution >= 0.6 is 0 Å². The molecule has 1 aromatic rings. The molecule has 0 aliphatic rings. The van der Waals surface area contributed by atoms with Crippen LogP contribution in [0.25, 0.3) is 0 Å². The number of unbranched alkanes of at least 4 members (excludes halogenated alkanes) is 1. The maximum atomic E-state index is 12.4. The van der Waals surface area contributed by atoms with E-state index < -0.39 is 37.8 Å². The fraction of sp³-hybridized carbons (Fsp3) is 0.727. The largest absolute Gasteiger partial charge is 0.497 e. The van der Waals surface area contributed by atoms with Crippen LogP contribution in [0.15, 0.2) is 29.3 Å². The number of amides is 2. The zero-order valence-corrected chi connectivity index (χ0v) is 30.7. The van der Waals surface area contributed by atoms with E-state index in [4.69, 9.17) is 23.4 Å². The van der Waals surface area contributed by atoms with E-state index in [9.17, 15) is 14.7 Å². The third-order valence-electron chi connectivity index (χ3n) is 7.07. The number of nitrogens with zero attached hydrogens (tertiary/aromatic N) is 1. The Hall–Kier alpha value is -2.67. The zero-order valence-electron chi connectivity index (χ0n) is 29.7. The summed E-state index contributed by atoms with van der Waals surface area (Å²) < 4.78 is 28.4. The van der Waals surface area contributed by atoms with Crippen molar-refractivity contribution in [2.45, 2.75) is 136 Å². The molecule has 3 N–H and O–H groups in total. The van der Waals surface area contributed by atoms with E-state index in [1.807, 2.05) is 24.3 Å². The normalized spacial score (nSPS) is 13.8. The summed E-state index contributed by atoms with van der Waals surface area (Å²) in [6.07, 6.45) is -0.00111. The Kier molecular flexibility index (Phi) is 16.0. The minimum atomic E-state index is -1.82. The molecular formula is C33H59N3O8Si. The minimum Gasteiger partial charge on any atom is -0.497 e. The van der Waals surface area contributed by atoms with Gasteiger partial charge in [0.15, 0.2) is 8.32 Å². The topological polar surface area (TPSA) is 137 Å². The summed E-state index contributed by atoms with van der Waals surface area (Å²) in [5.41, 5.74) is -0.532. The van der Waals surface area contributed by atoms with Crippen LogP contribution in [0.2, 0.25) is 18.1 Å².